The zero-order chi connectivity index (χ0) is 12.7. The first kappa shape index (κ1) is 13.9. The number of nitrogens with two attached hydrogens (primary N) is 1. The standard InChI is InChI=1S/C12H22N4O/c1-2-15-11(8-13)5-7-16-6-3-4-10(9-16)12(14)17/h10-11,15H,2-7,9H2,1H3,(H2,14,17). The lowest BCUT2D eigenvalue weighted by Crippen LogP contribution is -2.43. The van der Waals surface area contributed by atoms with E-state index in [2.05, 4.69) is 16.3 Å². The lowest BCUT2D eigenvalue weighted by molar-refractivity contribution is -0.123. The first-order chi connectivity index (χ1) is 8.17. The Morgan fingerprint density at radius 3 is 3.06 bits per heavy atom. The molecule has 1 heterocycles. The molecule has 3 N–H and O–H groups in total. The van der Waals surface area contributed by atoms with Gasteiger partial charge in [0.25, 0.3) is 0 Å². The number of hydrogen-bond donors (Lipinski definition) is 2. The Morgan fingerprint density at radius 1 is 1.71 bits per heavy atom. The van der Waals surface area contributed by atoms with Gasteiger partial charge in [-0.1, -0.05) is 6.92 Å². The minimum atomic E-state index is -0.196. The molecule has 0 spiro atoms. The van der Waals surface area contributed by atoms with Crippen LogP contribution in [0.3, 0.4) is 0 Å². The molecule has 0 aromatic carbocycles. The van der Waals surface area contributed by atoms with Crippen LogP contribution in [0.2, 0.25) is 0 Å². The minimum Gasteiger partial charge on any atom is -0.369 e. The first-order valence-corrected chi connectivity index (χ1v) is 6.32. The van der Waals surface area contributed by atoms with Crippen molar-refractivity contribution in [3.63, 3.8) is 0 Å². The van der Waals surface area contributed by atoms with Gasteiger partial charge in [-0.3, -0.25) is 4.79 Å². The van der Waals surface area contributed by atoms with Crippen LogP contribution in [-0.2, 0) is 4.79 Å². The van der Waals surface area contributed by atoms with Gasteiger partial charge in [-0.2, -0.15) is 5.26 Å². The summed E-state index contributed by atoms with van der Waals surface area (Å²) in [5.41, 5.74) is 5.33. The topological polar surface area (TPSA) is 82.2 Å². The van der Waals surface area contributed by atoms with Crippen molar-refractivity contribution in [1.29, 1.82) is 5.26 Å². The Morgan fingerprint density at radius 2 is 2.47 bits per heavy atom. The average molecular weight is 238 g/mol. The number of rotatable bonds is 6. The maximum absolute atomic E-state index is 11.1. The average Bonchev–Trinajstić information content (AvgIpc) is 2.34. The number of likely N-dealkylation sites (tertiary alicyclic amines) is 1. The fraction of sp³-hybridized carbons (Fsp3) is 0.833. The minimum absolute atomic E-state index is 0.0107. The van der Waals surface area contributed by atoms with Gasteiger partial charge in [0.1, 0.15) is 0 Å². The molecule has 17 heavy (non-hydrogen) atoms. The molecule has 96 valence electrons. The highest BCUT2D eigenvalue weighted by molar-refractivity contribution is 5.76. The zero-order valence-electron chi connectivity index (χ0n) is 10.5. The molecule has 1 aliphatic heterocycles. The van der Waals surface area contributed by atoms with Crippen LogP contribution < -0.4 is 11.1 Å². The van der Waals surface area contributed by atoms with E-state index in [0.29, 0.717) is 0 Å². The second kappa shape index (κ2) is 7.25. The van der Waals surface area contributed by atoms with Gasteiger partial charge in [0.2, 0.25) is 5.91 Å². The van der Waals surface area contributed by atoms with E-state index in [-0.39, 0.29) is 17.9 Å². The van der Waals surface area contributed by atoms with Crippen molar-refractivity contribution in [1.82, 2.24) is 10.2 Å². The highest BCUT2D eigenvalue weighted by Gasteiger charge is 2.24. The van der Waals surface area contributed by atoms with E-state index in [0.717, 1.165) is 45.4 Å². The molecule has 1 aliphatic rings. The maximum Gasteiger partial charge on any atom is 0.221 e. The fourth-order valence-corrected chi connectivity index (χ4v) is 2.26. The highest BCUT2D eigenvalue weighted by atomic mass is 16.1. The monoisotopic (exact) mass is 238 g/mol. The van der Waals surface area contributed by atoms with Crippen LogP contribution in [0.4, 0.5) is 0 Å². The molecule has 0 radical (unpaired) electrons. The van der Waals surface area contributed by atoms with Crippen molar-refractivity contribution in [2.75, 3.05) is 26.2 Å². The van der Waals surface area contributed by atoms with Crippen LogP contribution in [0, 0.1) is 17.2 Å². The molecular weight excluding hydrogens is 216 g/mol. The summed E-state index contributed by atoms with van der Waals surface area (Å²) in [6.07, 6.45) is 2.72. The molecule has 2 unspecified atom stereocenters. The lowest BCUT2D eigenvalue weighted by Gasteiger charge is -2.31. The summed E-state index contributed by atoms with van der Waals surface area (Å²) < 4.78 is 0. The summed E-state index contributed by atoms with van der Waals surface area (Å²) in [6.45, 7) is 5.42. The van der Waals surface area contributed by atoms with Crippen LogP contribution in [0.5, 0.6) is 0 Å². The van der Waals surface area contributed by atoms with Crippen molar-refractivity contribution >= 4 is 5.91 Å². The number of nitrogens with one attached hydrogen (secondary N) is 1. The lowest BCUT2D eigenvalue weighted by atomic mass is 9.97. The summed E-state index contributed by atoms with van der Waals surface area (Å²) in [4.78, 5) is 13.4. The third-order valence-electron chi connectivity index (χ3n) is 3.25. The van der Waals surface area contributed by atoms with Crippen LogP contribution in [-0.4, -0.2) is 43.0 Å². The smallest absolute Gasteiger partial charge is 0.221 e. The quantitative estimate of drug-likeness (QED) is 0.686. The van der Waals surface area contributed by atoms with E-state index in [1.54, 1.807) is 0 Å². The van der Waals surface area contributed by atoms with Gasteiger partial charge in [0.15, 0.2) is 0 Å². The predicted octanol–water partition coefficient (Wildman–Crippen LogP) is 0.0755. The number of carbonyl (C=O) groups is 1. The van der Waals surface area contributed by atoms with Gasteiger partial charge in [0, 0.05) is 13.1 Å². The summed E-state index contributed by atoms with van der Waals surface area (Å²) in [5.74, 6) is -0.207. The van der Waals surface area contributed by atoms with Crippen molar-refractivity contribution in [2.45, 2.75) is 32.2 Å². The number of nitrogens with zero attached hydrogens (tertiary/aromatic N) is 2. The van der Waals surface area contributed by atoms with E-state index in [9.17, 15) is 4.79 Å². The Kier molecular flexibility index (Phi) is 5.95. The molecule has 2 atom stereocenters. The van der Waals surface area contributed by atoms with Crippen molar-refractivity contribution in [2.24, 2.45) is 11.7 Å². The molecule has 0 aromatic rings. The van der Waals surface area contributed by atoms with E-state index >= 15 is 0 Å². The van der Waals surface area contributed by atoms with Crippen LogP contribution in [0.25, 0.3) is 0 Å². The van der Waals surface area contributed by atoms with Crippen LogP contribution in [0.15, 0.2) is 0 Å². The molecule has 1 fully saturated rings. The van der Waals surface area contributed by atoms with Gasteiger partial charge in [-0.05, 0) is 32.4 Å². The molecule has 0 aliphatic carbocycles. The van der Waals surface area contributed by atoms with Crippen molar-refractivity contribution in [3.05, 3.63) is 0 Å². The second-order valence-electron chi connectivity index (χ2n) is 4.57. The Labute approximate surface area is 103 Å². The van der Waals surface area contributed by atoms with Gasteiger partial charge in [-0.25, -0.2) is 0 Å². The maximum atomic E-state index is 11.1. The largest absolute Gasteiger partial charge is 0.369 e. The summed E-state index contributed by atoms with van der Waals surface area (Å²) >= 11 is 0. The molecule has 1 rings (SSSR count). The van der Waals surface area contributed by atoms with E-state index in [1.165, 1.54) is 0 Å². The molecule has 1 saturated heterocycles. The van der Waals surface area contributed by atoms with Gasteiger partial charge in [0.05, 0.1) is 18.0 Å². The van der Waals surface area contributed by atoms with Crippen LogP contribution >= 0.6 is 0 Å². The molecule has 0 saturated carbocycles. The molecule has 5 heteroatoms. The predicted molar refractivity (Wildman–Crippen MR) is 66.1 cm³/mol. The van der Waals surface area contributed by atoms with Gasteiger partial charge in [-0.15, -0.1) is 0 Å². The summed E-state index contributed by atoms with van der Waals surface area (Å²) in [5, 5.41) is 12.0. The number of amides is 1. The third-order valence-corrected chi connectivity index (χ3v) is 3.25. The molecule has 5 nitrogen and oxygen atoms in total. The number of hydrogen-bond acceptors (Lipinski definition) is 4. The first-order valence-electron chi connectivity index (χ1n) is 6.32. The molecule has 0 bridgehead atoms. The van der Waals surface area contributed by atoms with Crippen LogP contribution in [0.1, 0.15) is 26.2 Å². The second-order valence-corrected chi connectivity index (χ2v) is 4.57. The Balaban J connectivity index is 2.31. The zero-order valence-corrected chi connectivity index (χ0v) is 10.5. The van der Waals surface area contributed by atoms with E-state index in [1.807, 2.05) is 6.92 Å². The normalized spacial score (nSPS) is 22.9. The number of carbonyl (C=O) groups excluding carboxylic acids is 1. The number of nitriles is 1. The molecule has 1 amide bonds. The highest BCUT2D eigenvalue weighted by Crippen LogP contribution is 2.16. The van der Waals surface area contributed by atoms with E-state index in [4.69, 9.17) is 11.0 Å². The SMILES string of the molecule is CCNC(C#N)CCN1CCCC(C(N)=O)C1. The Bertz CT molecular complexity index is 287. The molecular formula is C12H22N4O. The number of piperidine rings is 1. The van der Waals surface area contributed by atoms with E-state index < -0.39 is 0 Å². The van der Waals surface area contributed by atoms with Gasteiger partial charge < -0.3 is 16.0 Å². The fourth-order valence-electron chi connectivity index (χ4n) is 2.26. The van der Waals surface area contributed by atoms with Crippen molar-refractivity contribution in [3.8, 4) is 6.07 Å². The van der Waals surface area contributed by atoms with Gasteiger partial charge >= 0.3 is 0 Å². The molecule has 0 aromatic heterocycles. The number of primary amides is 1. The summed E-state index contributed by atoms with van der Waals surface area (Å²) in [7, 11) is 0. The Hall–Kier alpha value is -1.12. The third kappa shape index (κ3) is 4.72. The summed E-state index contributed by atoms with van der Waals surface area (Å²) in [6, 6.07) is 2.16. The van der Waals surface area contributed by atoms with Crippen molar-refractivity contribution < 1.29 is 4.79 Å².